The van der Waals surface area contributed by atoms with Gasteiger partial charge in [-0.25, -0.2) is 9.59 Å². The van der Waals surface area contributed by atoms with E-state index in [1.165, 1.54) is 0 Å². The van der Waals surface area contributed by atoms with E-state index in [1.807, 2.05) is 14.1 Å². The average Bonchev–Trinajstić information content (AvgIpc) is 2.25. The van der Waals surface area contributed by atoms with Crippen molar-refractivity contribution in [3.63, 3.8) is 0 Å². The molecule has 8 heteroatoms. The van der Waals surface area contributed by atoms with Crippen molar-refractivity contribution < 1.29 is 19.5 Å². The lowest BCUT2D eigenvalue weighted by molar-refractivity contribution is -0.140. The summed E-state index contributed by atoms with van der Waals surface area (Å²) in [7, 11) is 3.90. The van der Waals surface area contributed by atoms with Crippen LogP contribution in [0.25, 0.3) is 0 Å². The zero-order valence-electron chi connectivity index (χ0n) is 11.8. The van der Waals surface area contributed by atoms with Crippen LogP contribution in [-0.2, 0) is 9.59 Å². The lowest BCUT2D eigenvalue weighted by Crippen LogP contribution is -2.59. The first-order valence-electron chi connectivity index (χ1n) is 6.50. The second-order valence-electron chi connectivity index (χ2n) is 5.36. The number of nitrogens with zero attached hydrogens (tertiary/aromatic N) is 1. The topological polar surface area (TPSA) is 125 Å². The molecule has 0 aromatic heterocycles. The summed E-state index contributed by atoms with van der Waals surface area (Å²) >= 11 is 0. The fraction of sp³-hybridized carbons (Fsp3) is 0.750. The van der Waals surface area contributed by atoms with Gasteiger partial charge in [-0.3, -0.25) is 4.79 Å². The number of primary amides is 1. The molecule has 8 nitrogen and oxygen atoms in total. The molecule has 3 amide bonds. The van der Waals surface area contributed by atoms with Crippen molar-refractivity contribution in [1.29, 1.82) is 0 Å². The second kappa shape index (κ2) is 6.56. The van der Waals surface area contributed by atoms with Crippen LogP contribution in [0.4, 0.5) is 4.79 Å². The Morgan fingerprint density at radius 2 is 1.95 bits per heavy atom. The Morgan fingerprint density at radius 3 is 2.30 bits per heavy atom. The molecule has 0 radical (unpaired) electrons. The molecular weight excluding hydrogens is 264 g/mol. The monoisotopic (exact) mass is 286 g/mol. The number of hydrogen-bond acceptors (Lipinski definition) is 4. The van der Waals surface area contributed by atoms with Crippen molar-refractivity contribution in [2.24, 2.45) is 5.73 Å². The Hall–Kier alpha value is -1.83. The largest absolute Gasteiger partial charge is 0.480 e. The summed E-state index contributed by atoms with van der Waals surface area (Å²) in [4.78, 5) is 35.4. The summed E-state index contributed by atoms with van der Waals surface area (Å²) in [6, 6.07) is -1.91. The Balaban J connectivity index is 2.46. The Kier molecular flexibility index (Phi) is 5.32. The molecule has 0 bridgehead atoms. The highest BCUT2D eigenvalue weighted by molar-refractivity contribution is 5.87. The SMILES string of the molecule is CN(C)C1(CNC(=O)NC(CC(N)=O)C(=O)O)CCC1. The van der Waals surface area contributed by atoms with E-state index in [0.717, 1.165) is 19.3 Å². The van der Waals surface area contributed by atoms with E-state index in [2.05, 4.69) is 15.5 Å². The van der Waals surface area contributed by atoms with Crippen molar-refractivity contribution in [2.45, 2.75) is 37.3 Å². The number of urea groups is 1. The highest BCUT2D eigenvalue weighted by Crippen LogP contribution is 2.35. The zero-order chi connectivity index (χ0) is 15.3. The van der Waals surface area contributed by atoms with Gasteiger partial charge in [0.15, 0.2) is 0 Å². The number of carbonyl (C=O) groups is 3. The molecule has 114 valence electrons. The van der Waals surface area contributed by atoms with Crippen LogP contribution in [-0.4, -0.2) is 60.1 Å². The molecule has 1 atom stereocenters. The first-order valence-corrected chi connectivity index (χ1v) is 6.50. The van der Waals surface area contributed by atoms with Gasteiger partial charge in [-0.15, -0.1) is 0 Å². The molecular formula is C12H22N4O4. The number of amides is 3. The minimum absolute atomic E-state index is 0.0558. The minimum atomic E-state index is -1.30. The van der Waals surface area contributed by atoms with Gasteiger partial charge in [0, 0.05) is 12.1 Å². The molecule has 1 aliphatic rings. The molecule has 0 spiro atoms. The summed E-state index contributed by atoms with van der Waals surface area (Å²) < 4.78 is 0. The van der Waals surface area contributed by atoms with Gasteiger partial charge in [0.25, 0.3) is 0 Å². The summed E-state index contributed by atoms with van der Waals surface area (Å²) in [6.07, 6.45) is 2.66. The second-order valence-corrected chi connectivity index (χ2v) is 5.36. The van der Waals surface area contributed by atoms with E-state index >= 15 is 0 Å². The predicted octanol–water partition coefficient (Wildman–Crippen LogP) is -0.901. The van der Waals surface area contributed by atoms with Crippen LogP contribution in [0.15, 0.2) is 0 Å². The molecule has 0 aromatic rings. The lowest BCUT2D eigenvalue weighted by atomic mass is 9.75. The van der Waals surface area contributed by atoms with E-state index in [4.69, 9.17) is 10.8 Å². The van der Waals surface area contributed by atoms with Crippen LogP contribution < -0.4 is 16.4 Å². The van der Waals surface area contributed by atoms with Crippen LogP contribution in [0.5, 0.6) is 0 Å². The maximum atomic E-state index is 11.7. The van der Waals surface area contributed by atoms with Crippen LogP contribution in [0.1, 0.15) is 25.7 Å². The van der Waals surface area contributed by atoms with Crippen LogP contribution >= 0.6 is 0 Å². The van der Waals surface area contributed by atoms with Gasteiger partial charge < -0.3 is 26.4 Å². The number of carboxylic acid groups (broad SMARTS) is 1. The Bertz CT molecular complexity index is 393. The molecule has 1 saturated carbocycles. The molecule has 0 aliphatic heterocycles. The quantitative estimate of drug-likeness (QED) is 0.482. The van der Waals surface area contributed by atoms with E-state index in [9.17, 15) is 14.4 Å². The van der Waals surface area contributed by atoms with E-state index in [-0.39, 0.29) is 5.54 Å². The van der Waals surface area contributed by atoms with Crippen LogP contribution in [0.2, 0.25) is 0 Å². The first kappa shape index (κ1) is 16.2. The molecule has 1 unspecified atom stereocenters. The molecule has 20 heavy (non-hydrogen) atoms. The normalized spacial score (nSPS) is 17.9. The van der Waals surface area contributed by atoms with E-state index < -0.39 is 30.4 Å². The van der Waals surface area contributed by atoms with Gasteiger partial charge in [0.05, 0.1) is 6.42 Å². The molecule has 0 saturated heterocycles. The summed E-state index contributed by atoms with van der Waals surface area (Å²) in [5, 5.41) is 13.8. The zero-order valence-corrected chi connectivity index (χ0v) is 11.8. The van der Waals surface area contributed by atoms with Crippen molar-refractivity contribution in [2.75, 3.05) is 20.6 Å². The molecule has 5 N–H and O–H groups in total. The summed E-state index contributed by atoms with van der Waals surface area (Å²) in [5.74, 6) is -2.06. The van der Waals surface area contributed by atoms with Crippen molar-refractivity contribution >= 4 is 17.9 Å². The number of rotatable bonds is 7. The van der Waals surface area contributed by atoms with Crippen LogP contribution in [0, 0.1) is 0 Å². The van der Waals surface area contributed by atoms with Gasteiger partial charge >= 0.3 is 12.0 Å². The standard InChI is InChI=1S/C12H22N4O4/c1-16(2)12(4-3-5-12)7-14-11(20)15-8(10(18)19)6-9(13)17/h8H,3-7H2,1-2H3,(H2,13,17)(H,18,19)(H2,14,15,20). The molecule has 1 fully saturated rings. The number of carboxylic acids is 1. The maximum absolute atomic E-state index is 11.7. The predicted molar refractivity (Wildman–Crippen MR) is 72.0 cm³/mol. The highest BCUT2D eigenvalue weighted by Gasteiger charge is 2.39. The van der Waals surface area contributed by atoms with Crippen molar-refractivity contribution in [3.05, 3.63) is 0 Å². The molecule has 0 heterocycles. The van der Waals surface area contributed by atoms with Crippen LogP contribution in [0.3, 0.4) is 0 Å². The van der Waals surface area contributed by atoms with Gasteiger partial charge in [-0.05, 0) is 33.4 Å². The van der Waals surface area contributed by atoms with Gasteiger partial charge in [-0.1, -0.05) is 0 Å². The third-order valence-electron chi connectivity index (χ3n) is 3.82. The summed E-state index contributed by atoms with van der Waals surface area (Å²) in [6.45, 7) is 0.439. The first-order chi connectivity index (χ1) is 9.27. The highest BCUT2D eigenvalue weighted by atomic mass is 16.4. The number of nitrogens with two attached hydrogens (primary N) is 1. The summed E-state index contributed by atoms with van der Waals surface area (Å²) in [5.41, 5.74) is 4.88. The van der Waals surface area contributed by atoms with Gasteiger partial charge in [0.2, 0.25) is 5.91 Å². The Labute approximate surface area is 117 Å². The third kappa shape index (κ3) is 4.09. The van der Waals surface area contributed by atoms with E-state index in [1.54, 1.807) is 0 Å². The third-order valence-corrected chi connectivity index (χ3v) is 3.82. The average molecular weight is 286 g/mol. The van der Waals surface area contributed by atoms with Crippen molar-refractivity contribution in [3.8, 4) is 0 Å². The number of hydrogen-bond donors (Lipinski definition) is 4. The van der Waals surface area contributed by atoms with Gasteiger partial charge in [0.1, 0.15) is 6.04 Å². The maximum Gasteiger partial charge on any atom is 0.326 e. The lowest BCUT2D eigenvalue weighted by Gasteiger charge is -2.47. The number of likely N-dealkylation sites (N-methyl/N-ethyl adjacent to an activating group) is 1. The fourth-order valence-corrected chi connectivity index (χ4v) is 2.22. The Morgan fingerprint density at radius 1 is 1.35 bits per heavy atom. The van der Waals surface area contributed by atoms with Gasteiger partial charge in [-0.2, -0.15) is 0 Å². The number of carbonyl (C=O) groups excluding carboxylic acids is 2. The molecule has 1 rings (SSSR count). The van der Waals surface area contributed by atoms with E-state index in [0.29, 0.717) is 6.54 Å². The smallest absolute Gasteiger partial charge is 0.326 e. The number of nitrogens with one attached hydrogen (secondary N) is 2. The molecule has 0 aromatic carbocycles. The van der Waals surface area contributed by atoms with Crippen molar-refractivity contribution in [1.82, 2.24) is 15.5 Å². The molecule has 1 aliphatic carbocycles. The number of aliphatic carboxylic acids is 1. The minimum Gasteiger partial charge on any atom is -0.480 e. The fourth-order valence-electron chi connectivity index (χ4n) is 2.22.